The molecule has 3 heterocycles. The number of nitrogens with zero attached hydrogens (tertiary/aromatic N) is 4. The van der Waals surface area contributed by atoms with Gasteiger partial charge in [-0.1, -0.05) is 24.3 Å². The molecule has 1 aliphatic heterocycles. The number of imide groups is 1. The Morgan fingerprint density at radius 2 is 1.49 bits per heavy atom. The molecule has 0 saturated carbocycles. The van der Waals surface area contributed by atoms with E-state index >= 15 is 0 Å². The van der Waals surface area contributed by atoms with Gasteiger partial charge >= 0.3 is 5.91 Å². The zero-order chi connectivity index (χ0) is 26.6. The van der Waals surface area contributed by atoms with Gasteiger partial charge in [0, 0.05) is 16.7 Å². The average molecular weight is 493 g/mol. The molecule has 5 rings (SSSR count). The minimum absolute atomic E-state index is 0.0561. The van der Waals surface area contributed by atoms with Crippen molar-refractivity contribution in [1.29, 1.82) is 0 Å². The van der Waals surface area contributed by atoms with E-state index in [2.05, 4.69) is 5.10 Å². The van der Waals surface area contributed by atoms with Crippen molar-refractivity contribution in [3.63, 3.8) is 0 Å². The summed E-state index contributed by atoms with van der Waals surface area (Å²) in [6, 6.07) is 14.9. The zero-order valence-electron chi connectivity index (χ0n) is 21.8. The van der Waals surface area contributed by atoms with E-state index in [1.807, 2.05) is 65.0 Å². The molecule has 37 heavy (non-hydrogen) atoms. The lowest BCUT2D eigenvalue weighted by Gasteiger charge is -2.17. The summed E-state index contributed by atoms with van der Waals surface area (Å²) in [7, 11) is 0. The molecular formula is C30H28N4O3. The summed E-state index contributed by atoms with van der Waals surface area (Å²) in [5.41, 5.74) is 6.52. The molecule has 7 heteroatoms. The fourth-order valence-electron chi connectivity index (χ4n) is 4.95. The van der Waals surface area contributed by atoms with E-state index in [0.29, 0.717) is 17.1 Å². The first-order chi connectivity index (χ1) is 17.6. The minimum Gasteiger partial charge on any atom is -0.858 e. The predicted molar refractivity (Wildman–Crippen MR) is 140 cm³/mol. The smallest absolute Gasteiger partial charge is 0.331 e. The van der Waals surface area contributed by atoms with Crippen LogP contribution in [0, 0.1) is 41.5 Å². The number of hydrogen-bond acceptors (Lipinski definition) is 4. The predicted octanol–water partition coefficient (Wildman–Crippen LogP) is 4.03. The average Bonchev–Trinajstić information content (AvgIpc) is 3.25. The summed E-state index contributed by atoms with van der Waals surface area (Å²) in [6.45, 7) is 11.3. The highest BCUT2D eigenvalue weighted by molar-refractivity contribution is 6.53. The molecule has 2 aromatic carbocycles. The van der Waals surface area contributed by atoms with Gasteiger partial charge in [0.2, 0.25) is 0 Å². The minimum atomic E-state index is -0.544. The van der Waals surface area contributed by atoms with Crippen molar-refractivity contribution in [1.82, 2.24) is 9.78 Å². The van der Waals surface area contributed by atoms with Crippen molar-refractivity contribution in [2.75, 3.05) is 4.90 Å². The maximum Gasteiger partial charge on any atom is 0.331 e. The van der Waals surface area contributed by atoms with Gasteiger partial charge < -0.3 is 5.11 Å². The largest absolute Gasteiger partial charge is 0.858 e. The van der Waals surface area contributed by atoms with Crippen LogP contribution in [0.3, 0.4) is 0 Å². The molecule has 7 nitrogen and oxygen atoms in total. The second-order valence-corrected chi connectivity index (χ2v) is 9.70. The van der Waals surface area contributed by atoms with Gasteiger partial charge in [-0.2, -0.15) is 9.67 Å². The van der Waals surface area contributed by atoms with Crippen LogP contribution in [-0.2, 0) is 9.59 Å². The van der Waals surface area contributed by atoms with Crippen molar-refractivity contribution < 1.29 is 19.3 Å². The van der Waals surface area contributed by atoms with Crippen LogP contribution in [0.2, 0.25) is 0 Å². The number of carbonyl (C=O) groups is 2. The van der Waals surface area contributed by atoms with Crippen molar-refractivity contribution in [3.05, 3.63) is 100.0 Å². The standard InChI is InChI=1S/C30H28N4O3/c1-17-9-7-11-23(14-17)33-28(35)26(27(30(33)37)32-15-18(2)13-19(3)16-32)25-22(6)31-34(29(25)36)24-12-8-10-20(4)21(24)5/h7-16H,1-6H3. The number of aromatic nitrogens is 3. The number of pyridine rings is 1. The zero-order valence-corrected chi connectivity index (χ0v) is 21.8. The van der Waals surface area contributed by atoms with Gasteiger partial charge in [-0.05, 0) is 88.4 Å². The van der Waals surface area contributed by atoms with E-state index in [9.17, 15) is 14.7 Å². The first kappa shape index (κ1) is 24.2. The van der Waals surface area contributed by atoms with Crippen LogP contribution in [0.1, 0.15) is 39.1 Å². The van der Waals surface area contributed by atoms with Crippen LogP contribution in [0.5, 0.6) is 5.88 Å². The monoisotopic (exact) mass is 492 g/mol. The molecule has 0 aliphatic carbocycles. The molecule has 0 radical (unpaired) electrons. The lowest BCUT2D eigenvalue weighted by molar-refractivity contribution is -0.577. The van der Waals surface area contributed by atoms with Gasteiger partial charge in [0.25, 0.3) is 11.6 Å². The normalized spacial score (nSPS) is 13.7. The van der Waals surface area contributed by atoms with Crippen LogP contribution < -0.4 is 14.6 Å². The van der Waals surface area contributed by atoms with Crippen LogP contribution in [0.4, 0.5) is 5.69 Å². The maximum absolute atomic E-state index is 14.0. The quantitative estimate of drug-likeness (QED) is 0.318. The number of carbonyl (C=O) groups excluding carboxylic acids is 2. The van der Waals surface area contributed by atoms with Gasteiger partial charge in [0.05, 0.1) is 17.1 Å². The SMILES string of the molecule is Cc1cccc(N2C(=O)C(c3c(C)nn(-c4cccc(C)c4C)c3[O-])=C([n+]3cc(C)cc(C)c3)C2=O)c1. The molecular weight excluding hydrogens is 464 g/mol. The number of hydrogen-bond donors (Lipinski definition) is 0. The van der Waals surface area contributed by atoms with E-state index in [0.717, 1.165) is 32.7 Å². The summed E-state index contributed by atoms with van der Waals surface area (Å²) in [6.07, 6.45) is 3.59. The van der Waals surface area contributed by atoms with E-state index < -0.39 is 17.7 Å². The Bertz CT molecular complexity index is 1620. The molecule has 1 aliphatic rings. The van der Waals surface area contributed by atoms with Crippen LogP contribution in [0.25, 0.3) is 17.0 Å². The van der Waals surface area contributed by atoms with Crippen LogP contribution in [0.15, 0.2) is 60.9 Å². The number of aryl methyl sites for hydroxylation is 5. The van der Waals surface area contributed by atoms with E-state index in [-0.39, 0.29) is 16.8 Å². The topological polar surface area (TPSA) is 82.1 Å². The summed E-state index contributed by atoms with van der Waals surface area (Å²) in [5, 5.41) is 18.4. The Balaban J connectivity index is 1.79. The fraction of sp³-hybridized carbons (Fsp3) is 0.200. The van der Waals surface area contributed by atoms with Crippen molar-refractivity contribution in [2.24, 2.45) is 0 Å². The third kappa shape index (κ3) is 3.93. The van der Waals surface area contributed by atoms with Crippen molar-refractivity contribution in [3.8, 4) is 11.6 Å². The molecule has 2 aromatic heterocycles. The highest BCUT2D eigenvalue weighted by atomic mass is 16.3. The Labute approximate surface area is 215 Å². The van der Waals surface area contributed by atoms with Gasteiger partial charge in [0.1, 0.15) is 5.57 Å². The molecule has 2 amide bonds. The number of rotatable bonds is 4. The highest BCUT2D eigenvalue weighted by Crippen LogP contribution is 2.39. The molecule has 4 aromatic rings. The summed E-state index contributed by atoms with van der Waals surface area (Å²) in [5.74, 6) is -1.47. The van der Waals surface area contributed by atoms with E-state index in [1.54, 1.807) is 42.1 Å². The molecule has 186 valence electrons. The highest BCUT2D eigenvalue weighted by Gasteiger charge is 2.47. The molecule has 0 unspecified atom stereocenters. The summed E-state index contributed by atoms with van der Waals surface area (Å²) >= 11 is 0. The Kier molecular flexibility index (Phi) is 5.79. The summed E-state index contributed by atoms with van der Waals surface area (Å²) in [4.78, 5) is 29.1. The molecule has 0 atom stereocenters. The first-order valence-corrected chi connectivity index (χ1v) is 12.1. The van der Waals surface area contributed by atoms with Crippen molar-refractivity contribution in [2.45, 2.75) is 41.5 Å². The fourth-order valence-corrected chi connectivity index (χ4v) is 4.95. The lowest BCUT2D eigenvalue weighted by atomic mass is 10.0. The number of benzene rings is 2. The second-order valence-electron chi connectivity index (χ2n) is 9.70. The van der Waals surface area contributed by atoms with Crippen molar-refractivity contribution >= 4 is 28.8 Å². The van der Waals surface area contributed by atoms with E-state index in [4.69, 9.17) is 0 Å². The van der Waals surface area contributed by atoms with Gasteiger partial charge in [-0.3, -0.25) is 9.59 Å². The van der Waals surface area contributed by atoms with Gasteiger partial charge in [-0.25, -0.2) is 9.58 Å². The van der Waals surface area contributed by atoms with Crippen LogP contribution >= 0.6 is 0 Å². The first-order valence-electron chi connectivity index (χ1n) is 12.1. The Hall–Kier alpha value is -4.52. The van der Waals surface area contributed by atoms with Crippen LogP contribution in [-0.4, -0.2) is 21.6 Å². The lowest BCUT2D eigenvalue weighted by Crippen LogP contribution is -2.40. The molecule has 0 spiro atoms. The third-order valence-corrected chi connectivity index (χ3v) is 6.79. The number of anilines is 1. The summed E-state index contributed by atoms with van der Waals surface area (Å²) < 4.78 is 2.99. The molecule has 0 bridgehead atoms. The van der Waals surface area contributed by atoms with Gasteiger partial charge in [-0.15, -0.1) is 0 Å². The number of amides is 2. The third-order valence-electron chi connectivity index (χ3n) is 6.79. The van der Waals surface area contributed by atoms with E-state index in [1.165, 1.54) is 4.68 Å². The Morgan fingerprint density at radius 1 is 0.811 bits per heavy atom. The Morgan fingerprint density at radius 3 is 2.16 bits per heavy atom. The van der Waals surface area contributed by atoms with Gasteiger partial charge in [0.15, 0.2) is 12.4 Å². The molecule has 0 N–H and O–H groups in total. The molecule has 0 fully saturated rings. The second kappa shape index (κ2) is 8.85. The maximum atomic E-state index is 14.0. The molecule has 0 saturated heterocycles.